The second-order valence-corrected chi connectivity index (χ2v) is 4.99. The van der Waals surface area contributed by atoms with Gasteiger partial charge in [0.05, 0.1) is 11.9 Å². The molecule has 0 aliphatic carbocycles. The van der Waals surface area contributed by atoms with E-state index in [0.29, 0.717) is 6.92 Å². The van der Waals surface area contributed by atoms with Crippen LogP contribution < -0.4 is 5.76 Å². The zero-order chi connectivity index (χ0) is 17.6. The zero-order valence-electron chi connectivity index (χ0n) is 11.9. The van der Waals surface area contributed by atoms with Crippen molar-refractivity contribution in [1.82, 2.24) is 15.0 Å². The Morgan fingerprint density at radius 1 is 1.29 bits per heavy atom. The molecule has 0 fully saturated rings. The van der Waals surface area contributed by atoms with Crippen LogP contribution in [0.4, 0.5) is 22.0 Å². The summed E-state index contributed by atoms with van der Waals surface area (Å²) in [6.45, 7) is 0.420. The zero-order valence-corrected chi connectivity index (χ0v) is 11.9. The topological polar surface area (TPSA) is 71.8 Å². The lowest BCUT2D eigenvalue weighted by Gasteiger charge is -2.14. The molecule has 0 amide bonds. The molecule has 0 unspecified atom stereocenters. The van der Waals surface area contributed by atoms with E-state index < -0.39 is 35.3 Å². The Kier molecular flexibility index (Phi) is 3.61. The summed E-state index contributed by atoms with van der Waals surface area (Å²) in [7, 11) is 0. The van der Waals surface area contributed by atoms with Crippen LogP contribution >= 0.6 is 0 Å². The van der Waals surface area contributed by atoms with E-state index in [4.69, 9.17) is 4.42 Å². The van der Waals surface area contributed by atoms with E-state index in [-0.39, 0.29) is 22.4 Å². The quantitative estimate of drug-likeness (QED) is 0.734. The number of hydrogen-bond acceptors (Lipinski definition) is 4. The van der Waals surface area contributed by atoms with Crippen LogP contribution in [0.2, 0.25) is 0 Å². The Labute approximate surface area is 130 Å². The number of hydrogen-bond donors (Lipinski definition) is 1. The number of alkyl halides is 4. The number of nitrogens with zero attached hydrogens (tertiary/aromatic N) is 2. The molecule has 10 heteroatoms. The molecule has 2 heterocycles. The molecule has 3 aromatic rings. The second kappa shape index (κ2) is 5.39. The van der Waals surface area contributed by atoms with Crippen molar-refractivity contribution in [1.29, 1.82) is 0 Å². The molecular formula is C14H8F5N3O2. The minimum atomic E-state index is -3.62. The molecule has 0 aliphatic heterocycles. The fourth-order valence-electron chi connectivity index (χ4n) is 2.23. The summed E-state index contributed by atoms with van der Waals surface area (Å²) in [6.07, 6.45) is -2.47. The number of aromatic amines is 1. The van der Waals surface area contributed by atoms with Crippen LogP contribution in [0.5, 0.6) is 0 Å². The summed E-state index contributed by atoms with van der Waals surface area (Å²) < 4.78 is 71.3. The lowest BCUT2D eigenvalue weighted by Crippen LogP contribution is -2.15. The summed E-state index contributed by atoms with van der Waals surface area (Å²) in [5.74, 6) is -5.38. The van der Waals surface area contributed by atoms with Crippen molar-refractivity contribution >= 4 is 11.1 Å². The maximum absolute atomic E-state index is 13.6. The molecule has 0 spiro atoms. The fraction of sp³-hybridized carbons (Fsp3) is 0.214. The summed E-state index contributed by atoms with van der Waals surface area (Å²) in [5, 5.41) is 0. The van der Waals surface area contributed by atoms with Crippen molar-refractivity contribution in [2.45, 2.75) is 19.3 Å². The van der Waals surface area contributed by atoms with Crippen LogP contribution in [0.25, 0.3) is 22.4 Å². The van der Waals surface area contributed by atoms with Crippen molar-refractivity contribution in [2.75, 3.05) is 0 Å². The van der Waals surface area contributed by atoms with Gasteiger partial charge in [0.15, 0.2) is 11.4 Å². The Balaban J connectivity index is 2.26. The summed E-state index contributed by atoms with van der Waals surface area (Å²) >= 11 is 0. The largest absolute Gasteiger partial charge is 0.417 e. The molecule has 0 saturated heterocycles. The van der Waals surface area contributed by atoms with E-state index in [1.807, 2.05) is 0 Å². The highest BCUT2D eigenvalue weighted by Gasteiger charge is 2.34. The van der Waals surface area contributed by atoms with Gasteiger partial charge in [-0.25, -0.2) is 22.9 Å². The predicted octanol–water partition coefficient (Wildman–Crippen LogP) is 3.77. The highest BCUT2D eigenvalue weighted by Crippen LogP contribution is 2.34. The van der Waals surface area contributed by atoms with Gasteiger partial charge in [-0.1, -0.05) is 0 Å². The summed E-state index contributed by atoms with van der Waals surface area (Å²) in [4.78, 5) is 20.2. The van der Waals surface area contributed by atoms with Gasteiger partial charge in [-0.2, -0.15) is 8.78 Å². The molecule has 3 rings (SSSR count). The fourth-order valence-corrected chi connectivity index (χ4v) is 2.23. The first-order chi connectivity index (χ1) is 11.2. The number of rotatable bonds is 3. The van der Waals surface area contributed by atoms with Gasteiger partial charge >= 0.3 is 5.76 Å². The minimum absolute atomic E-state index is 0.0369. The number of halogens is 5. The number of H-pyrrole nitrogens is 1. The normalized spacial score (nSPS) is 12.3. The van der Waals surface area contributed by atoms with Crippen molar-refractivity contribution in [2.24, 2.45) is 0 Å². The predicted molar refractivity (Wildman–Crippen MR) is 72.3 cm³/mol. The third kappa shape index (κ3) is 2.63. The third-order valence-corrected chi connectivity index (χ3v) is 3.23. The Hall–Kier alpha value is -2.78. The molecule has 2 aromatic heterocycles. The lowest BCUT2D eigenvalue weighted by molar-refractivity contribution is 0.00648. The summed E-state index contributed by atoms with van der Waals surface area (Å²) in [6, 6.07) is 2.08. The van der Waals surface area contributed by atoms with Crippen molar-refractivity contribution < 1.29 is 26.4 Å². The van der Waals surface area contributed by atoms with Gasteiger partial charge in [-0.3, -0.25) is 9.97 Å². The van der Waals surface area contributed by atoms with E-state index in [1.54, 1.807) is 0 Å². The first-order valence-corrected chi connectivity index (χ1v) is 6.53. The molecule has 0 radical (unpaired) electrons. The van der Waals surface area contributed by atoms with Gasteiger partial charge in [0.2, 0.25) is 0 Å². The van der Waals surface area contributed by atoms with E-state index >= 15 is 0 Å². The first kappa shape index (κ1) is 16.1. The molecule has 0 aliphatic rings. The Bertz CT molecular complexity index is 975. The monoisotopic (exact) mass is 345 g/mol. The summed E-state index contributed by atoms with van der Waals surface area (Å²) in [5.41, 5.74) is -3.21. The molecule has 1 aromatic carbocycles. The maximum Gasteiger partial charge on any atom is 0.417 e. The van der Waals surface area contributed by atoms with Crippen LogP contribution in [-0.4, -0.2) is 15.0 Å². The minimum Gasteiger partial charge on any atom is -0.407 e. The van der Waals surface area contributed by atoms with Crippen molar-refractivity contribution in [3.63, 3.8) is 0 Å². The molecule has 1 N–H and O–H groups in total. The molecule has 24 heavy (non-hydrogen) atoms. The van der Waals surface area contributed by atoms with E-state index in [0.717, 1.165) is 18.3 Å². The average molecular weight is 345 g/mol. The van der Waals surface area contributed by atoms with Crippen LogP contribution in [0.15, 0.2) is 27.5 Å². The van der Waals surface area contributed by atoms with E-state index in [1.165, 1.54) is 0 Å². The number of aromatic nitrogens is 3. The van der Waals surface area contributed by atoms with E-state index in [2.05, 4.69) is 15.0 Å². The van der Waals surface area contributed by atoms with Crippen LogP contribution in [0.3, 0.4) is 0 Å². The van der Waals surface area contributed by atoms with Crippen LogP contribution in [-0.2, 0) is 5.92 Å². The molecule has 5 nitrogen and oxygen atoms in total. The lowest BCUT2D eigenvalue weighted by atomic mass is 10.1. The number of fused-ring (bicyclic) bond motifs is 1. The third-order valence-electron chi connectivity index (χ3n) is 3.23. The van der Waals surface area contributed by atoms with Gasteiger partial charge in [0.25, 0.3) is 12.3 Å². The molecule has 126 valence electrons. The SMILES string of the molecule is CC(F)(F)c1ncc(-c2ccc(F)c3[nH]c(=O)oc23)nc1C(F)F. The number of oxazole rings is 1. The van der Waals surface area contributed by atoms with Gasteiger partial charge < -0.3 is 4.42 Å². The van der Waals surface area contributed by atoms with Crippen LogP contribution in [0, 0.1) is 5.82 Å². The maximum atomic E-state index is 13.6. The molecule has 0 bridgehead atoms. The van der Waals surface area contributed by atoms with Crippen LogP contribution in [0.1, 0.15) is 24.7 Å². The highest BCUT2D eigenvalue weighted by atomic mass is 19.3. The second-order valence-electron chi connectivity index (χ2n) is 4.99. The number of benzene rings is 1. The van der Waals surface area contributed by atoms with E-state index in [9.17, 15) is 26.7 Å². The highest BCUT2D eigenvalue weighted by molar-refractivity contribution is 5.89. The Morgan fingerprint density at radius 2 is 2.00 bits per heavy atom. The van der Waals surface area contributed by atoms with Gasteiger partial charge in [0, 0.05) is 12.5 Å². The van der Waals surface area contributed by atoms with Gasteiger partial charge in [-0.15, -0.1) is 0 Å². The van der Waals surface area contributed by atoms with Crippen molar-refractivity contribution in [3.05, 3.63) is 46.1 Å². The number of nitrogens with one attached hydrogen (secondary N) is 1. The molecular weight excluding hydrogens is 337 g/mol. The van der Waals surface area contributed by atoms with Gasteiger partial charge in [0.1, 0.15) is 16.9 Å². The molecule has 0 atom stereocenters. The van der Waals surface area contributed by atoms with Gasteiger partial charge in [-0.05, 0) is 12.1 Å². The standard InChI is InChI=1S/C14H8F5N3O2/c1-14(18,19)11-9(12(16)17)21-7(4-20-11)5-2-3-6(15)8-10(5)24-13(23)22-8/h2-4,12H,1H3,(H,22,23). The molecule has 0 saturated carbocycles. The Morgan fingerprint density at radius 3 is 2.62 bits per heavy atom. The van der Waals surface area contributed by atoms with Crippen molar-refractivity contribution in [3.8, 4) is 11.3 Å². The average Bonchev–Trinajstić information content (AvgIpc) is 2.88. The first-order valence-electron chi connectivity index (χ1n) is 6.53. The smallest absolute Gasteiger partial charge is 0.407 e.